The summed E-state index contributed by atoms with van der Waals surface area (Å²) < 4.78 is 2.15. The molecule has 0 aliphatic carbocycles. The largest absolute Gasteiger partial charge is 0.389 e. The summed E-state index contributed by atoms with van der Waals surface area (Å²) in [5, 5.41) is 13.1. The Morgan fingerprint density at radius 2 is 2.06 bits per heavy atom. The fourth-order valence-electron chi connectivity index (χ4n) is 2.01. The molecule has 1 atom stereocenters. The van der Waals surface area contributed by atoms with Gasteiger partial charge in [-0.15, -0.1) is 0 Å². The zero-order valence-corrected chi connectivity index (χ0v) is 10.9. The Morgan fingerprint density at radius 1 is 1.28 bits per heavy atom. The van der Waals surface area contributed by atoms with Crippen LogP contribution < -0.4 is 5.32 Å². The number of aliphatic hydroxyl groups is 1. The minimum atomic E-state index is -0.450. The Morgan fingerprint density at radius 3 is 2.72 bits per heavy atom. The van der Waals surface area contributed by atoms with Crippen molar-refractivity contribution in [2.45, 2.75) is 33.0 Å². The van der Waals surface area contributed by atoms with Crippen LogP contribution in [0.5, 0.6) is 0 Å². The van der Waals surface area contributed by atoms with Crippen LogP contribution in [-0.2, 0) is 13.1 Å². The number of anilines is 1. The first-order chi connectivity index (χ1) is 8.70. The van der Waals surface area contributed by atoms with Gasteiger partial charge in [0.25, 0.3) is 0 Å². The van der Waals surface area contributed by atoms with Crippen LogP contribution in [0.4, 0.5) is 5.69 Å². The van der Waals surface area contributed by atoms with Crippen molar-refractivity contribution < 1.29 is 5.11 Å². The quantitative estimate of drug-likeness (QED) is 0.847. The molecule has 2 N–H and O–H groups in total. The Labute approximate surface area is 108 Å². The van der Waals surface area contributed by atoms with Gasteiger partial charge in [0.1, 0.15) is 0 Å². The fraction of sp³-hybridized carbons (Fsp3) is 0.333. The van der Waals surface area contributed by atoms with Gasteiger partial charge in [-0.1, -0.05) is 18.2 Å². The van der Waals surface area contributed by atoms with Gasteiger partial charge in [0.2, 0.25) is 0 Å². The van der Waals surface area contributed by atoms with E-state index in [-0.39, 0.29) is 0 Å². The van der Waals surface area contributed by atoms with E-state index >= 15 is 0 Å². The van der Waals surface area contributed by atoms with E-state index in [0.29, 0.717) is 0 Å². The second-order valence-electron chi connectivity index (χ2n) is 4.47. The second kappa shape index (κ2) is 5.74. The van der Waals surface area contributed by atoms with Crippen molar-refractivity contribution in [3.8, 4) is 0 Å². The highest BCUT2D eigenvalue weighted by molar-refractivity contribution is 5.52. The molecule has 3 nitrogen and oxygen atoms in total. The molecule has 1 heterocycles. The molecule has 2 rings (SSSR count). The third-order valence-electron chi connectivity index (χ3n) is 3.07. The lowest BCUT2D eigenvalue weighted by Crippen LogP contribution is -2.03. The summed E-state index contributed by atoms with van der Waals surface area (Å²) in [6.45, 7) is 5.68. The lowest BCUT2D eigenvalue weighted by atomic mass is 10.1. The second-order valence-corrected chi connectivity index (χ2v) is 4.47. The highest BCUT2D eigenvalue weighted by Gasteiger charge is 2.06. The summed E-state index contributed by atoms with van der Waals surface area (Å²) >= 11 is 0. The van der Waals surface area contributed by atoms with Gasteiger partial charge in [-0.3, -0.25) is 0 Å². The third-order valence-corrected chi connectivity index (χ3v) is 3.07. The number of hydrogen-bond donors (Lipinski definition) is 2. The number of nitrogens with one attached hydrogen (secondary N) is 1. The molecular weight excluding hydrogens is 224 g/mol. The molecule has 96 valence electrons. The summed E-state index contributed by atoms with van der Waals surface area (Å²) in [5.74, 6) is 0. The van der Waals surface area contributed by atoms with E-state index in [1.54, 1.807) is 6.92 Å². The molecule has 1 aromatic heterocycles. The van der Waals surface area contributed by atoms with Gasteiger partial charge >= 0.3 is 0 Å². The molecule has 0 saturated heterocycles. The van der Waals surface area contributed by atoms with Crippen molar-refractivity contribution in [2.24, 2.45) is 0 Å². The summed E-state index contributed by atoms with van der Waals surface area (Å²) in [7, 11) is 0. The lowest BCUT2D eigenvalue weighted by molar-refractivity contribution is 0.200. The molecule has 0 amide bonds. The summed E-state index contributed by atoms with van der Waals surface area (Å²) in [5.41, 5.74) is 3.18. The number of hydrogen-bond acceptors (Lipinski definition) is 2. The maximum absolute atomic E-state index is 9.70. The van der Waals surface area contributed by atoms with Crippen molar-refractivity contribution in [3.63, 3.8) is 0 Å². The number of aliphatic hydroxyl groups excluding tert-OH is 1. The van der Waals surface area contributed by atoms with Crippen LogP contribution in [-0.4, -0.2) is 9.67 Å². The minimum absolute atomic E-state index is 0.450. The number of para-hydroxylation sites is 1. The van der Waals surface area contributed by atoms with Gasteiger partial charge in [-0.2, -0.15) is 0 Å². The Kier molecular flexibility index (Phi) is 4.05. The number of rotatable bonds is 5. The van der Waals surface area contributed by atoms with Crippen molar-refractivity contribution in [2.75, 3.05) is 5.32 Å². The molecule has 1 unspecified atom stereocenters. The van der Waals surface area contributed by atoms with E-state index in [9.17, 15) is 5.11 Å². The van der Waals surface area contributed by atoms with Gasteiger partial charge in [0.15, 0.2) is 0 Å². The topological polar surface area (TPSA) is 37.2 Å². The lowest BCUT2D eigenvalue weighted by Gasteiger charge is -2.13. The highest BCUT2D eigenvalue weighted by Crippen LogP contribution is 2.22. The number of nitrogens with zero attached hydrogens (tertiary/aromatic N) is 1. The highest BCUT2D eigenvalue weighted by atomic mass is 16.3. The van der Waals surface area contributed by atoms with E-state index in [2.05, 4.69) is 35.3 Å². The summed E-state index contributed by atoms with van der Waals surface area (Å²) in [4.78, 5) is 0. The summed E-state index contributed by atoms with van der Waals surface area (Å²) in [6.07, 6.45) is 3.77. The average molecular weight is 244 g/mol. The van der Waals surface area contributed by atoms with Crippen LogP contribution in [0.3, 0.4) is 0 Å². The zero-order chi connectivity index (χ0) is 13.0. The van der Waals surface area contributed by atoms with Gasteiger partial charge in [0.05, 0.1) is 6.10 Å². The predicted octanol–water partition coefficient (Wildman–Crippen LogP) is 3.17. The molecular formula is C15H20N2O. The molecule has 0 fully saturated rings. The van der Waals surface area contributed by atoms with Crippen LogP contribution in [0, 0.1) is 0 Å². The van der Waals surface area contributed by atoms with Crippen molar-refractivity contribution >= 4 is 5.69 Å². The van der Waals surface area contributed by atoms with E-state index in [0.717, 1.165) is 24.3 Å². The minimum Gasteiger partial charge on any atom is -0.389 e. The first-order valence-electron chi connectivity index (χ1n) is 6.36. The SMILES string of the molecule is CCn1ccc(CNc2ccccc2C(C)O)c1. The van der Waals surface area contributed by atoms with Crippen molar-refractivity contribution in [1.29, 1.82) is 0 Å². The van der Waals surface area contributed by atoms with E-state index in [4.69, 9.17) is 0 Å². The average Bonchev–Trinajstić information content (AvgIpc) is 2.84. The molecule has 18 heavy (non-hydrogen) atoms. The monoisotopic (exact) mass is 244 g/mol. The first kappa shape index (κ1) is 12.7. The van der Waals surface area contributed by atoms with Gasteiger partial charge in [-0.25, -0.2) is 0 Å². The van der Waals surface area contributed by atoms with Crippen molar-refractivity contribution in [1.82, 2.24) is 4.57 Å². The smallest absolute Gasteiger partial charge is 0.0781 e. The van der Waals surface area contributed by atoms with Crippen LogP contribution >= 0.6 is 0 Å². The molecule has 0 spiro atoms. The normalized spacial score (nSPS) is 12.4. The van der Waals surface area contributed by atoms with Gasteiger partial charge < -0.3 is 15.0 Å². The molecule has 1 aromatic carbocycles. The fourth-order valence-corrected chi connectivity index (χ4v) is 2.01. The molecule has 0 aliphatic rings. The van der Waals surface area contributed by atoms with E-state index < -0.39 is 6.10 Å². The van der Waals surface area contributed by atoms with Gasteiger partial charge in [0, 0.05) is 36.7 Å². The predicted molar refractivity (Wildman–Crippen MR) is 74.5 cm³/mol. The Bertz CT molecular complexity index is 503. The van der Waals surface area contributed by atoms with Crippen LogP contribution in [0.25, 0.3) is 0 Å². The van der Waals surface area contributed by atoms with Crippen LogP contribution in [0.15, 0.2) is 42.7 Å². The number of aryl methyl sites for hydroxylation is 1. The van der Waals surface area contributed by atoms with Crippen molar-refractivity contribution in [3.05, 3.63) is 53.9 Å². The first-order valence-corrected chi connectivity index (χ1v) is 6.36. The molecule has 3 heteroatoms. The molecule has 0 radical (unpaired) electrons. The molecule has 0 saturated carbocycles. The van der Waals surface area contributed by atoms with Crippen LogP contribution in [0.1, 0.15) is 31.1 Å². The van der Waals surface area contributed by atoms with Crippen LogP contribution in [0.2, 0.25) is 0 Å². The number of benzene rings is 1. The Hall–Kier alpha value is -1.74. The zero-order valence-electron chi connectivity index (χ0n) is 10.9. The molecule has 0 bridgehead atoms. The van der Waals surface area contributed by atoms with E-state index in [1.165, 1.54) is 5.56 Å². The summed E-state index contributed by atoms with van der Waals surface area (Å²) in [6, 6.07) is 9.98. The maximum atomic E-state index is 9.70. The van der Waals surface area contributed by atoms with Gasteiger partial charge in [-0.05, 0) is 31.5 Å². The van der Waals surface area contributed by atoms with E-state index in [1.807, 2.05) is 24.3 Å². The molecule has 0 aliphatic heterocycles. The Balaban J connectivity index is 2.05. The third kappa shape index (κ3) is 2.93. The number of aromatic nitrogens is 1. The molecule has 2 aromatic rings. The standard InChI is InChI=1S/C15H20N2O/c1-3-17-9-8-13(11-17)10-16-15-7-5-4-6-14(15)12(2)18/h4-9,11-12,16,18H,3,10H2,1-2H3. The maximum Gasteiger partial charge on any atom is 0.0781 e.